The van der Waals surface area contributed by atoms with Crippen LogP contribution in [0.4, 0.5) is 0 Å². The molecule has 4 nitrogen and oxygen atoms in total. The second-order valence-electron chi connectivity index (χ2n) is 5.84. The number of piperidine rings is 1. The first-order valence-electron chi connectivity index (χ1n) is 7.19. The molecule has 1 N–H and O–H groups in total. The van der Waals surface area contributed by atoms with Crippen molar-refractivity contribution in [3.63, 3.8) is 0 Å². The molecule has 0 spiro atoms. The van der Waals surface area contributed by atoms with E-state index in [0.29, 0.717) is 11.8 Å². The van der Waals surface area contributed by atoms with Gasteiger partial charge in [0.25, 0.3) is 0 Å². The van der Waals surface area contributed by atoms with Crippen molar-refractivity contribution in [1.29, 1.82) is 0 Å². The quantitative estimate of drug-likeness (QED) is 0.809. The zero-order chi connectivity index (χ0) is 13.0. The van der Waals surface area contributed by atoms with E-state index in [1.807, 2.05) is 0 Å². The lowest BCUT2D eigenvalue weighted by Gasteiger charge is -2.34. The minimum Gasteiger partial charge on any atom is -0.316 e. The number of hydrogen-bond donors (Lipinski definition) is 1. The van der Waals surface area contributed by atoms with Crippen molar-refractivity contribution in [2.45, 2.75) is 38.1 Å². The normalized spacial score (nSPS) is 30.7. The van der Waals surface area contributed by atoms with Crippen LogP contribution in [-0.2, 0) is 9.84 Å². The summed E-state index contributed by atoms with van der Waals surface area (Å²) in [5, 5.41) is 3.49. The summed E-state index contributed by atoms with van der Waals surface area (Å²) in [6, 6.07) is 0.692. The van der Waals surface area contributed by atoms with Gasteiger partial charge < -0.3 is 10.2 Å². The molecule has 0 bridgehead atoms. The second kappa shape index (κ2) is 6.35. The fourth-order valence-electron chi connectivity index (χ4n) is 3.40. The van der Waals surface area contributed by atoms with Crippen molar-refractivity contribution in [3.05, 3.63) is 0 Å². The third-order valence-corrected chi connectivity index (χ3v) is 5.28. The number of hydrogen-bond acceptors (Lipinski definition) is 4. The molecule has 0 radical (unpaired) electrons. The Morgan fingerprint density at radius 2 is 2.11 bits per heavy atom. The molecule has 2 fully saturated rings. The van der Waals surface area contributed by atoms with Gasteiger partial charge in [0, 0.05) is 12.3 Å². The molecule has 0 amide bonds. The molecule has 0 aromatic rings. The number of rotatable bonds is 5. The van der Waals surface area contributed by atoms with Gasteiger partial charge in [0.05, 0.1) is 5.75 Å². The summed E-state index contributed by atoms with van der Waals surface area (Å²) in [7, 11) is -2.80. The minimum absolute atomic E-state index is 0.332. The van der Waals surface area contributed by atoms with Gasteiger partial charge in [0.15, 0.2) is 0 Å². The lowest BCUT2D eigenvalue weighted by molar-refractivity contribution is 0.166. The second-order valence-corrected chi connectivity index (χ2v) is 8.10. The van der Waals surface area contributed by atoms with E-state index in [4.69, 9.17) is 0 Å². The molecular formula is C13H26N2O2S. The van der Waals surface area contributed by atoms with Crippen molar-refractivity contribution in [2.75, 3.05) is 38.2 Å². The highest BCUT2D eigenvalue weighted by Gasteiger charge is 2.31. The van der Waals surface area contributed by atoms with Gasteiger partial charge in [-0.1, -0.05) is 0 Å². The van der Waals surface area contributed by atoms with E-state index in [-0.39, 0.29) is 0 Å². The summed E-state index contributed by atoms with van der Waals surface area (Å²) >= 11 is 0. The molecule has 2 aliphatic heterocycles. The summed E-state index contributed by atoms with van der Waals surface area (Å²) < 4.78 is 22.3. The van der Waals surface area contributed by atoms with Crippen LogP contribution in [0.25, 0.3) is 0 Å². The maximum absolute atomic E-state index is 11.2. The molecule has 2 unspecified atom stereocenters. The van der Waals surface area contributed by atoms with E-state index < -0.39 is 9.84 Å². The number of nitrogens with one attached hydrogen (secondary N) is 1. The summed E-state index contributed by atoms with van der Waals surface area (Å²) in [6.07, 6.45) is 7.32. The van der Waals surface area contributed by atoms with Gasteiger partial charge in [-0.2, -0.15) is 0 Å². The van der Waals surface area contributed by atoms with Gasteiger partial charge in [0.2, 0.25) is 0 Å². The summed E-state index contributed by atoms with van der Waals surface area (Å²) in [5.74, 6) is 1.11. The molecule has 2 aliphatic rings. The fourth-order valence-corrected chi connectivity index (χ4v) is 4.05. The van der Waals surface area contributed by atoms with Crippen LogP contribution in [0, 0.1) is 5.92 Å². The molecule has 5 heteroatoms. The SMILES string of the molecule is CS(=O)(=O)CCCN1CCCC1C1CCCNC1. The summed E-state index contributed by atoms with van der Waals surface area (Å²) in [4.78, 5) is 2.53. The summed E-state index contributed by atoms with van der Waals surface area (Å²) in [6.45, 7) is 4.42. The van der Waals surface area contributed by atoms with Gasteiger partial charge in [-0.15, -0.1) is 0 Å². The Bertz CT molecular complexity index is 350. The molecule has 0 aliphatic carbocycles. The van der Waals surface area contributed by atoms with Crippen molar-refractivity contribution in [1.82, 2.24) is 10.2 Å². The van der Waals surface area contributed by atoms with Gasteiger partial charge in [0.1, 0.15) is 9.84 Å². The van der Waals surface area contributed by atoms with E-state index in [9.17, 15) is 8.42 Å². The summed E-state index contributed by atoms with van der Waals surface area (Å²) in [5.41, 5.74) is 0. The Labute approximate surface area is 111 Å². The van der Waals surface area contributed by atoms with Crippen LogP contribution >= 0.6 is 0 Å². The van der Waals surface area contributed by atoms with Gasteiger partial charge in [-0.25, -0.2) is 8.42 Å². The van der Waals surface area contributed by atoms with Crippen molar-refractivity contribution in [2.24, 2.45) is 5.92 Å². The topological polar surface area (TPSA) is 49.4 Å². The highest BCUT2D eigenvalue weighted by atomic mass is 32.2. The lowest BCUT2D eigenvalue weighted by Crippen LogP contribution is -2.43. The Morgan fingerprint density at radius 3 is 2.78 bits per heavy atom. The monoisotopic (exact) mass is 274 g/mol. The maximum atomic E-state index is 11.2. The molecule has 18 heavy (non-hydrogen) atoms. The molecule has 0 aromatic heterocycles. The van der Waals surface area contributed by atoms with Crippen molar-refractivity contribution >= 4 is 9.84 Å². The molecule has 2 heterocycles. The van der Waals surface area contributed by atoms with E-state index >= 15 is 0 Å². The Hall–Kier alpha value is -0.130. The Balaban J connectivity index is 1.79. The van der Waals surface area contributed by atoms with E-state index in [1.54, 1.807) is 0 Å². The molecule has 2 rings (SSSR count). The van der Waals surface area contributed by atoms with Crippen LogP contribution in [0.5, 0.6) is 0 Å². The minimum atomic E-state index is -2.80. The highest BCUT2D eigenvalue weighted by molar-refractivity contribution is 7.90. The van der Waals surface area contributed by atoms with Crippen LogP contribution < -0.4 is 5.32 Å². The number of sulfone groups is 1. The molecular weight excluding hydrogens is 248 g/mol. The first kappa shape index (κ1) is 14.3. The third kappa shape index (κ3) is 4.21. The van der Waals surface area contributed by atoms with Crippen LogP contribution in [0.2, 0.25) is 0 Å². The molecule has 0 aromatic carbocycles. The predicted octanol–water partition coefficient (Wildman–Crippen LogP) is 0.885. The van der Waals surface area contributed by atoms with Crippen molar-refractivity contribution in [3.8, 4) is 0 Å². The van der Waals surface area contributed by atoms with E-state index in [0.717, 1.165) is 38.5 Å². The number of likely N-dealkylation sites (tertiary alicyclic amines) is 1. The predicted molar refractivity (Wildman–Crippen MR) is 74.5 cm³/mol. The maximum Gasteiger partial charge on any atom is 0.147 e. The standard InChI is InChI=1S/C13H26N2O2S/c1-18(16,17)10-4-9-15-8-3-6-13(15)12-5-2-7-14-11-12/h12-14H,2-11H2,1H3. The average Bonchev–Trinajstić information content (AvgIpc) is 2.77. The van der Waals surface area contributed by atoms with Gasteiger partial charge in [-0.3, -0.25) is 0 Å². The van der Waals surface area contributed by atoms with Gasteiger partial charge in [-0.05, 0) is 64.2 Å². The lowest BCUT2D eigenvalue weighted by atomic mass is 9.90. The zero-order valence-electron chi connectivity index (χ0n) is 11.4. The Kier molecular flexibility index (Phi) is 5.04. The molecule has 0 saturated carbocycles. The zero-order valence-corrected chi connectivity index (χ0v) is 12.2. The third-order valence-electron chi connectivity index (χ3n) is 4.25. The van der Waals surface area contributed by atoms with Crippen molar-refractivity contribution < 1.29 is 8.42 Å². The van der Waals surface area contributed by atoms with E-state index in [1.165, 1.54) is 31.9 Å². The average molecular weight is 274 g/mol. The highest BCUT2D eigenvalue weighted by Crippen LogP contribution is 2.28. The molecule has 2 saturated heterocycles. The fraction of sp³-hybridized carbons (Fsp3) is 1.00. The van der Waals surface area contributed by atoms with Crippen LogP contribution in [0.1, 0.15) is 32.1 Å². The smallest absolute Gasteiger partial charge is 0.147 e. The Morgan fingerprint density at radius 1 is 1.28 bits per heavy atom. The number of nitrogens with zero attached hydrogens (tertiary/aromatic N) is 1. The van der Waals surface area contributed by atoms with Crippen LogP contribution in [-0.4, -0.2) is 57.5 Å². The van der Waals surface area contributed by atoms with Crippen LogP contribution in [0.3, 0.4) is 0 Å². The first-order chi connectivity index (χ1) is 8.56. The molecule has 106 valence electrons. The first-order valence-corrected chi connectivity index (χ1v) is 9.25. The van der Waals surface area contributed by atoms with Gasteiger partial charge >= 0.3 is 0 Å². The van der Waals surface area contributed by atoms with E-state index in [2.05, 4.69) is 10.2 Å². The largest absolute Gasteiger partial charge is 0.316 e. The molecule has 2 atom stereocenters. The van der Waals surface area contributed by atoms with Crippen LogP contribution in [0.15, 0.2) is 0 Å².